The third kappa shape index (κ3) is 10.8. The fourth-order valence-corrected chi connectivity index (χ4v) is 10.3. The Morgan fingerprint density at radius 2 is 0.941 bits per heavy atom. The van der Waals surface area contributed by atoms with Gasteiger partial charge in [-0.3, -0.25) is 29.0 Å². The number of likely N-dealkylation sites (tertiary alicyclic amines) is 4. The number of halogens is 3. The van der Waals surface area contributed by atoms with Crippen molar-refractivity contribution in [3.8, 4) is 0 Å². The lowest BCUT2D eigenvalue weighted by Crippen LogP contribution is -2.48. The SMILES string of the molecule is O=C(Nc1ccc(CN(Cc2ccc(NC(=O)[C@@H]3CCCN3C(=O)C(c3ccccc3)N3CC[C@@H](F)C3)cc2)c2ccc(F)cc2)cc1)[C@@H]1CCCN1C(=O)C(c1ccccc1)N1CC[C@@H](F)C1. The minimum Gasteiger partial charge on any atom is -0.363 e. The van der Waals surface area contributed by atoms with Crippen molar-refractivity contribution in [1.29, 1.82) is 0 Å². The third-order valence-electron chi connectivity index (χ3n) is 13.8. The van der Waals surface area contributed by atoms with E-state index in [4.69, 9.17) is 0 Å². The van der Waals surface area contributed by atoms with Crippen LogP contribution in [0.3, 0.4) is 0 Å². The monoisotopic (exact) mass is 925 g/mol. The predicted octanol–water partition coefficient (Wildman–Crippen LogP) is 8.46. The molecule has 2 unspecified atom stereocenters. The van der Waals surface area contributed by atoms with Crippen molar-refractivity contribution in [2.45, 2.75) is 88.1 Å². The summed E-state index contributed by atoms with van der Waals surface area (Å²) >= 11 is 0. The van der Waals surface area contributed by atoms with E-state index in [9.17, 15) is 32.3 Å². The quantitative estimate of drug-likeness (QED) is 0.109. The van der Waals surface area contributed by atoms with Gasteiger partial charge in [0.05, 0.1) is 0 Å². The number of alkyl halides is 2. The van der Waals surface area contributed by atoms with Gasteiger partial charge in [-0.05, 0) is 109 Å². The summed E-state index contributed by atoms with van der Waals surface area (Å²) in [6.45, 7) is 3.12. The van der Waals surface area contributed by atoms with E-state index in [0.29, 0.717) is 89.2 Å². The van der Waals surface area contributed by atoms with Gasteiger partial charge in [-0.1, -0.05) is 84.9 Å². The van der Waals surface area contributed by atoms with Gasteiger partial charge in [0.2, 0.25) is 23.6 Å². The van der Waals surface area contributed by atoms with E-state index in [-0.39, 0.29) is 42.5 Å². The Hall–Kier alpha value is -6.51. The molecule has 4 fully saturated rings. The number of carbonyl (C=O) groups is 4. The highest BCUT2D eigenvalue weighted by Gasteiger charge is 2.43. The van der Waals surface area contributed by atoms with Crippen LogP contribution in [0.2, 0.25) is 0 Å². The van der Waals surface area contributed by atoms with Crippen LogP contribution in [0, 0.1) is 5.82 Å². The summed E-state index contributed by atoms with van der Waals surface area (Å²) in [4.78, 5) is 65.1. The molecule has 0 spiro atoms. The van der Waals surface area contributed by atoms with Gasteiger partial charge in [0.25, 0.3) is 0 Å². The fraction of sp³-hybridized carbons (Fsp3) is 0.370. The van der Waals surface area contributed by atoms with Crippen LogP contribution in [0.5, 0.6) is 0 Å². The molecule has 354 valence electrons. The van der Waals surface area contributed by atoms with Crippen LogP contribution in [-0.4, -0.2) is 107 Å². The topological polar surface area (TPSA) is 109 Å². The van der Waals surface area contributed by atoms with Crippen LogP contribution >= 0.6 is 0 Å². The van der Waals surface area contributed by atoms with Crippen molar-refractivity contribution < 1.29 is 32.3 Å². The summed E-state index contributed by atoms with van der Waals surface area (Å²) < 4.78 is 42.8. The predicted molar refractivity (Wildman–Crippen MR) is 256 cm³/mol. The Labute approximate surface area is 395 Å². The first kappa shape index (κ1) is 46.6. The van der Waals surface area contributed by atoms with Crippen molar-refractivity contribution >= 4 is 40.7 Å². The number of hydrogen-bond donors (Lipinski definition) is 2. The zero-order valence-electron chi connectivity index (χ0n) is 38.1. The van der Waals surface area contributed by atoms with Crippen molar-refractivity contribution in [3.63, 3.8) is 0 Å². The number of benzene rings is 5. The van der Waals surface area contributed by atoms with Gasteiger partial charge >= 0.3 is 0 Å². The van der Waals surface area contributed by atoms with E-state index in [1.165, 1.54) is 12.1 Å². The second-order valence-electron chi connectivity index (χ2n) is 18.5. The highest BCUT2D eigenvalue weighted by atomic mass is 19.1. The van der Waals surface area contributed by atoms with Crippen molar-refractivity contribution in [3.05, 3.63) is 162 Å². The molecule has 0 aliphatic carbocycles. The van der Waals surface area contributed by atoms with Gasteiger partial charge in [-0.2, -0.15) is 0 Å². The largest absolute Gasteiger partial charge is 0.363 e. The molecule has 4 heterocycles. The second-order valence-corrected chi connectivity index (χ2v) is 18.5. The van der Waals surface area contributed by atoms with Crippen LogP contribution in [0.4, 0.5) is 30.2 Å². The number of hydrogen-bond acceptors (Lipinski definition) is 7. The molecule has 6 atom stereocenters. The molecule has 4 saturated heterocycles. The first-order chi connectivity index (χ1) is 33.1. The zero-order chi connectivity index (χ0) is 47.1. The van der Waals surface area contributed by atoms with E-state index in [1.807, 2.05) is 119 Å². The summed E-state index contributed by atoms with van der Waals surface area (Å²) in [5.41, 5.74) is 5.44. The number of anilines is 3. The molecule has 0 aromatic heterocycles. The Morgan fingerprint density at radius 1 is 0.529 bits per heavy atom. The summed E-state index contributed by atoms with van der Waals surface area (Å²) in [6.07, 6.45) is 1.20. The van der Waals surface area contributed by atoms with Crippen LogP contribution < -0.4 is 15.5 Å². The Balaban J connectivity index is 0.832. The standard InChI is InChI=1S/C54H58F3N7O4/c55-41-19-25-46(26-20-41)62(33-37-15-21-44(22-16-37)58-51(65)47-13-7-29-63(47)53(67)49(39-9-3-1-4-10-39)60-31-27-42(56)35-60)34-38-17-23-45(24-18-38)59-52(66)48-14-8-30-64(48)54(68)50(40-11-5-2-6-12-40)61-32-28-43(57)36-61/h1-6,9-12,15-26,42-43,47-50H,7-8,13-14,27-36H2,(H,58,65)(H,59,66)/t42-,43-,47+,48+,49?,50?/m1/s1. The molecule has 0 bridgehead atoms. The summed E-state index contributed by atoms with van der Waals surface area (Å²) in [6, 6.07) is 37.5. The highest BCUT2D eigenvalue weighted by molar-refractivity contribution is 5.99. The second kappa shape index (κ2) is 21.2. The van der Waals surface area contributed by atoms with Gasteiger partial charge in [0.1, 0.15) is 42.3 Å². The van der Waals surface area contributed by atoms with Gasteiger partial charge in [0, 0.05) is 69.4 Å². The molecule has 14 heteroatoms. The third-order valence-corrected chi connectivity index (χ3v) is 13.8. The maximum atomic E-state index is 14.4. The normalized spacial score (nSPS) is 21.7. The van der Waals surface area contributed by atoms with Crippen LogP contribution in [0.1, 0.15) is 72.9 Å². The minimum atomic E-state index is -0.991. The summed E-state index contributed by atoms with van der Waals surface area (Å²) in [5.74, 6) is -1.26. The molecule has 0 radical (unpaired) electrons. The Kier molecular flexibility index (Phi) is 14.5. The lowest BCUT2D eigenvalue weighted by Gasteiger charge is -2.33. The first-order valence-corrected chi connectivity index (χ1v) is 23.8. The molecule has 4 aliphatic heterocycles. The van der Waals surface area contributed by atoms with Crippen molar-refractivity contribution in [2.24, 2.45) is 0 Å². The molecule has 4 aliphatic rings. The molecule has 5 aromatic carbocycles. The van der Waals surface area contributed by atoms with Gasteiger partial charge in [-0.25, -0.2) is 13.2 Å². The summed E-state index contributed by atoms with van der Waals surface area (Å²) in [7, 11) is 0. The number of amides is 4. The lowest BCUT2D eigenvalue weighted by atomic mass is 10.0. The van der Waals surface area contributed by atoms with Gasteiger partial charge in [0.15, 0.2) is 0 Å². The number of nitrogens with one attached hydrogen (secondary N) is 2. The summed E-state index contributed by atoms with van der Waals surface area (Å²) in [5, 5.41) is 6.05. The molecule has 2 N–H and O–H groups in total. The molecule has 5 aromatic rings. The first-order valence-electron chi connectivity index (χ1n) is 23.8. The van der Waals surface area contributed by atoms with E-state index in [0.717, 1.165) is 27.9 Å². The van der Waals surface area contributed by atoms with E-state index in [1.54, 1.807) is 21.9 Å². The molecular weight excluding hydrogens is 868 g/mol. The maximum Gasteiger partial charge on any atom is 0.247 e. The van der Waals surface area contributed by atoms with Crippen LogP contribution in [-0.2, 0) is 32.3 Å². The smallest absolute Gasteiger partial charge is 0.247 e. The molecular formula is C54H58F3N7O4. The lowest BCUT2D eigenvalue weighted by molar-refractivity contribution is -0.141. The Bertz CT molecular complexity index is 2370. The van der Waals surface area contributed by atoms with Crippen molar-refractivity contribution in [1.82, 2.24) is 19.6 Å². The minimum absolute atomic E-state index is 0.180. The van der Waals surface area contributed by atoms with Gasteiger partial charge in [-0.15, -0.1) is 0 Å². The zero-order valence-corrected chi connectivity index (χ0v) is 38.1. The van der Waals surface area contributed by atoms with Crippen LogP contribution in [0.15, 0.2) is 133 Å². The molecule has 11 nitrogen and oxygen atoms in total. The Morgan fingerprint density at radius 3 is 1.32 bits per heavy atom. The van der Waals surface area contributed by atoms with Crippen LogP contribution in [0.25, 0.3) is 0 Å². The highest BCUT2D eigenvalue weighted by Crippen LogP contribution is 2.34. The van der Waals surface area contributed by atoms with Gasteiger partial charge < -0.3 is 25.3 Å². The molecule has 0 saturated carbocycles. The van der Waals surface area contributed by atoms with E-state index < -0.39 is 36.5 Å². The van der Waals surface area contributed by atoms with E-state index >= 15 is 0 Å². The number of rotatable bonds is 15. The number of carbonyl (C=O) groups excluding carboxylic acids is 4. The number of nitrogens with zero attached hydrogens (tertiary/aromatic N) is 5. The molecule has 9 rings (SSSR count). The fourth-order valence-electron chi connectivity index (χ4n) is 10.3. The maximum absolute atomic E-state index is 14.4. The molecule has 68 heavy (non-hydrogen) atoms. The van der Waals surface area contributed by atoms with Crippen molar-refractivity contribution in [2.75, 3.05) is 54.8 Å². The van der Waals surface area contributed by atoms with E-state index in [2.05, 4.69) is 15.5 Å². The molecule has 4 amide bonds. The average molecular weight is 926 g/mol. The average Bonchev–Trinajstić information content (AvgIpc) is 4.20.